The maximum atomic E-state index is 12.6. The molecule has 0 spiro atoms. The van der Waals surface area contributed by atoms with E-state index in [0.717, 1.165) is 12.0 Å². The molecule has 0 aliphatic rings. The number of carbonyl (C=O) groups excluding carboxylic acids is 1. The molecule has 1 unspecified atom stereocenters. The van der Waals surface area contributed by atoms with Crippen molar-refractivity contribution in [2.45, 2.75) is 46.1 Å². The summed E-state index contributed by atoms with van der Waals surface area (Å²) in [4.78, 5) is 17.2. The molecule has 33 heavy (non-hydrogen) atoms. The highest BCUT2D eigenvalue weighted by atomic mass is 16.5. The lowest BCUT2D eigenvalue weighted by Gasteiger charge is -2.29. The summed E-state index contributed by atoms with van der Waals surface area (Å²) < 4.78 is 16.0. The molecule has 8 nitrogen and oxygen atoms in total. The second kappa shape index (κ2) is 10.4. The first-order valence-electron chi connectivity index (χ1n) is 10.9. The van der Waals surface area contributed by atoms with Gasteiger partial charge in [-0.3, -0.25) is 0 Å². The Morgan fingerprint density at radius 2 is 1.85 bits per heavy atom. The van der Waals surface area contributed by atoms with E-state index in [1.54, 1.807) is 32.4 Å². The number of methoxy groups -OCH3 is 2. The number of anilines is 1. The summed E-state index contributed by atoms with van der Waals surface area (Å²) in [5, 5.41) is 9.98. The van der Waals surface area contributed by atoms with Crippen LogP contribution >= 0.6 is 0 Å². The first-order chi connectivity index (χ1) is 15.7. The van der Waals surface area contributed by atoms with Gasteiger partial charge in [-0.1, -0.05) is 41.9 Å². The quantitative estimate of drug-likeness (QED) is 0.461. The van der Waals surface area contributed by atoms with Gasteiger partial charge in [-0.2, -0.15) is 4.98 Å². The number of hydrogen-bond acceptors (Lipinski definition) is 6. The van der Waals surface area contributed by atoms with E-state index < -0.39 is 5.54 Å². The molecule has 0 bridgehead atoms. The molecule has 0 radical (unpaired) electrons. The van der Waals surface area contributed by atoms with Crippen LogP contribution in [-0.2, 0) is 6.42 Å². The van der Waals surface area contributed by atoms with E-state index in [0.29, 0.717) is 35.3 Å². The maximum absolute atomic E-state index is 12.6. The molecule has 2 aromatic carbocycles. The fourth-order valence-corrected chi connectivity index (χ4v) is 3.81. The fraction of sp³-hybridized carbons (Fsp3) is 0.400. The van der Waals surface area contributed by atoms with Crippen LogP contribution in [0.4, 0.5) is 10.5 Å². The average Bonchev–Trinajstić information content (AvgIpc) is 3.21. The molecule has 1 atom stereocenters. The van der Waals surface area contributed by atoms with Crippen LogP contribution in [-0.4, -0.2) is 35.9 Å². The van der Waals surface area contributed by atoms with E-state index in [9.17, 15) is 4.79 Å². The van der Waals surface area contributed by atoms with Crippen molar-refractivity contribution in [3.05, 3.63) is 53.9 Å². The molecule has 0 aliphatic heterocycles. The van der Waals surface area contributed by atoms with Gasteiger partial charge in [0.25, 0.3) is 0 Å². The average molecular weight is 453 g/mol. The van der Waals surface area contributed by atoms with Crippen molar-refractivity contribution in [2.24, 2.45) is 5.92 Å². The smallest absolute Gasteiger partial charge is 0.319 e. The van der Waals surface area contributed by atoms with Crippen molar-refractivity contribution in [3.63, 3.8) is 0 Å². The second-order valence-corrected chi connectivity index (χ2v) is 8.92. The second-order valence-electron chi connectivity index (χ2n) is 8.92. The Morgan fingerprint density at radius 3 is 2.52 bits per heavy atom. The molecule has 3 rings (SSSR count). The Morgan fingerprint density at radius 1 is 1.12 bits per heavy atom. The summed E-state index contributed by atoms with van der Waals surface area (Å²) >= 11 is 0. The molecular weight excluding hydrogens is 420 g/mol. The number of aromatic nitrogens is 2. The highest BCUT2D eigenvalue weighted by Crippen LogP contribution is 2.29. The zero-order chi connectivity index (χ0) is 24.0. The first kappa shape index (κ1) is 24.1. The minimum absolute atomic E-state index is 0.210. The van der Waals surface area contributed by atoms with Crippen LogP contribution in [0.15, 0.2) is 47.0 Å². The number of carbonyl (C=O) groups is 1. The fourth-order valence-electron chi connectivity index (χ4n) is 3.81. The van der Waals surface area contributed by atoms with E-state index in [1.807, 2.05) is 45.0 Å². The maximum Gasteiger partial charge on any atom is 0.319 e. The molecule has 0 saturated carbocycles. The summed E-state index contributed by atoms with van der Waals surface area (Å²) in [6, 6.07) is 12.9. The van der Waals surface area contributed by atoms with Crippen LogP contribution in [0.1, 0.15) is 38.6 Å². The predicted octanol–water partition coefficient (Wildman–Crippen LogP) is 5.23. The molecule has 176 valence electrons. The summed E-state index contributed by atoms with van der Waals surface area (Å²) in [7, 11) is 3.13. The summed E-state index contributed by atoms with van der Waals surface area (Å²) in [6.07, 6.45) is 1.35. The standard InChI is InChI=1S/C25H32N4O4/c1-16-7-9-18(10-8-16)23-27-22(33-29-23)13-17(2)15-25(3,4)28-24(30)26-20-12-11-19(31-5)14-21(20)32-6/h7-12,14,17H,13,15H2,1-6H3,(H2,26,28,30). The monoisotopic (exact) mass is 452 g/mol. The third kappa shape index (κ3) is 6.71. The van der Waals surface area contributed by atoms with Gasteiger partial charge in [0.1, 0.15) is 11.5 Å². The molecule has 2 N–H and O–H groups in total. The molecule has 8 heteroatoms. The van der Waals surface area contributed by atoms with E-state index in [2.05, 4.69) is 27.7 Å². The van der Waals surface area contributed by atoms with Crippen LogP contribution < -0.4 is 20.1 Å². The van der Waals surface area contributed by atoms with Crippen LogP contribution in [0, 0.1) is 12.8 Å². The molecule has 0 saturated heterocycles. The lowest BCUT2D eigenvalue weighted by atomic mass is 9.90. The summed E-state index contributed by atoms with van der Waals surface area (Å²) in [6.45, 7) is 8.11. The molecule has 3 aromatic rings. The largest absolute Gasteiger partial charge is 0.497 e. The first-order valence-corrected chi connectivity index (χ1v) is 10.9. The molecule has 0 fully saturated rings. The van der Waals surface area contributed by atoms with Crippen molar-refractivity contribution in [3.8, 4) is 22.9 Å². The normalized spacial score (nSPS) is 12.2. The van der Waals surface area contributed by atoms with Crippen LogP contribution in [0.3, 0.4) is 0 Å². The van der Waals surface area contributed by atoms with Gasteiger partial charge in [0.05, 0.1) is 19.9 Å². The number of urea groups is 1. The van der Waals surface area contributed by atoms with Crippen LogP contribution in [0.5, 0.6) is 11.5 Å². The zero-order valence-corrected chi connectivity index (χ0v) is 20.1. The Kier molecular flexibility index (Phi) is 7.58. The Hall–Kier alpha value is -3.55. The van der Waals surface area contributed by atoms with Gasteiger partial charge in [-0.25, -0.2) is 4.79 Å². The minimum Gasteiger partial charge on any atom is -0.497 e. The SMILES string of the molecule is COc1ccc(NC(=O)NC(C)(C)CC(C)Cc2nc(-c3ccc(C)cc3)no2)c(OC)c1. The number of aryl methyl sites for hydroxylation is 1. The van der Waals surface area contributed by atoms with E-state index in [-0.39, 0.29) is 11.9 Å². The van der Waals surface area contributed by atoms with Crippen molar-refractivity contribution in [1.29, 1.82) is 0 Å². The van der Waals surface area contributed by atoms with E-state index in [1.165, 1.54) is 5.56 Å². The van der Waals surface area contributed by atoms with Crippen molar-refractivity contribution < 1.29 is 18.8 Å². The predicted molar refractivity (Wildman–Crippen MR) is 128 cm³/mol. The van der Waals surface area contributed by atoms with Crippen molar-refractivity contribution in [2.75, 3.05) is 19.5 Å². The Bertz CT molecular complexity index is 1080. The highest BCUT2D eigenvalue weighted by Gasteiger charge is 2.25. The van der Waals surface area contributed by atoms with Gasteiger partial charge in [-0.05, 0) is 45.2 Å². The van der Waals surface area contributed by atoms with Gasteiger partial charge < -0.3 is 24.6 Å². The van der Waals surface area contributed by atoms with Crippen LogP contribution in [0.25, 0.3) is 11.4 Å². The Balaban J connectivity index is 1.55. The molecule has 1 heterocycles. The van der Waals surface area contributed by atoms with E-state index >= 15 is 0 Å². The number of ether oxygens (including phenoxy) is 2. The third-order valence-electron chi connectivity index (χ3n) is 5.27. The number of benzene rings is 2. The third-order valence-corrected chi connectivity index (χ3v) is 5.27. The topological polar surface area (TPSA) is 98.5 Å². The van der Waals surface area contributed by atoms with E-state index in [4.69, 9.17) is 14.0 Å². The minimum atomic E-state index is -0.455. The molecule has 1 aromatic heterocycles. The molecule has 2 amide bonds. The lowest BCUT2D eigenvalue weighted by Crippen LogP contribution is -2.46. The van der Waals surface area contributed by atoms with Gasteiger partial charge in [-0.15, -0.1) is 0 Å². The summed E-state index contributed by atoms with van der Waals surface area (Å²) in [5.74, 6) is 2.56. The lowest BCUT2D eigenvalue weighted by molar-refractivity contribution is 0.233. The Labute approximate surface area is 194 Å². The van der Waals surface area contributed by atoms with Gasteiger partial charge in [0.2, 0.25) is 11.7 Å². The number of amides is 2. The summed E-state index contributed by atoms with van der Waals surface area (Å²) in [5.41, 5.74) is 2.22. The molecule has 0 aliphatic carbocycles. The zero-order valence-electron chi connectivity index (χ0n) is 20.1. The van der Waals surface area contributed by atoms with Crippen molar-refractivity contribution >= 4 is 11.7 Å². The number of rotatable bonds is 9. The van der Waals surface area contributed by atoms with Gasteiger partial charge in [0, 0.05) is 23.6 Å². The van der Waals surface area contributed by atoms with Gasteiger partial charge in [0.15, 0.2) is 0 Å². The molecular formula is C25H32N4O4. The number of nitrogens with one attached hydrogen (secondary N) is 2. The number of nitrogens with zero attached hydrogens (tertiary/aromatic N) is 2. The highest BCUT2D eigenvalue weighted by molar-refractivity contribution is 5.91. The van der Waals surface area contributed by atoms with Gasteiger partial charge >= 0.3 is 6.03 Å². The van der Waals surface area contributed by atoms with Crippen molar-refractivity contribution in [1.82, 2.24) is 15.5 Å². The number of hydrogen-bond donors (Lipinski definition) is 2. The van der Waals surface area contributed by atoms with Crippen LogP contribution in [0.2, 0.25) is 0 Å².